The molecule has 164 valence electrons. The van der Waals surface area contributed by atoms with E-state index >= 15 is 0 Å². The van der Waals surface area contributed by atoms with Gasteiger partial charge in [-0.25, -0.2) is 4.42 Å². The Morgan fingerprint density at radius 1 is 0.531 bits per heavy atom. The molecule has 0 aliphatic heterocycles. The van der Waals surface area contributed by atoms with E-state index in [2.05, 4.69) is 99.6 Å². The van der Waals surface area contributed by atoms with E-state index in [1.165, 1.54) is 27.8 Å². The largest absolute Gasteiger partial charge is 0.673 e. The fraction of sp³-hybridized carbons (Fsp3) is 0.115. The van der Waals surface area contributed by atoms with E-state index in [-0.39, 0.29) is 0 Å². The first-order valence-corrected chi connectivity index (χ1v) is 10.1. The van der Waals surface area contributed by atoms with E-state index in [4.69, 9.17) is 4.42 Å². The van der Waals surface area contributed by atoms with Crippen LogP contribution in [0.5, 0.6) is 0 Å². The van der Waals surface area contributed by atoms with E-state index in [9.17, 15) is 17.3 Å². The minimum Gasteiger partial charge on any atom is -0.418 e. The Labute approximate surface area is 185 Å². The smallest absolute Gasteiger partial charge is 0.418 e. The summed E-state index contributed by atoms with van der Waals surface area (Å²) in [6, 6.07) is 27.9. The standard InChI is InChI=1S/C26H23O.BF4/c1-18-4-10-21(11-5-18)24-16-17-27-26(23-14-8-20(3)9-15-23)25(24)22-12-6-19(2)7-13-22;2-1(3,4)5/h4-17H,1-3H3;/q+1;-1. The topological polar surface area (TPSA) is 11.3 Å². The van der Waals surface area contributed by atoms with Crippen LogP contribution in [0, 0.1) is 20.8 Å². The summed E-state index contributed by atoms with van der Waals surface area (Å²) in [5.41, 5.74) is 9.51. The molecule has 1 nitrogen and oxygen atoms in total. The number of aryl methyl sites for hydroxylation is 3. The molecule has 1 heterocycles. The van der Waals surface area contributed by atoms with Crippen molar-refractivity contribution in [2.75, 3.05) is 0 Å². The third kappa shape index (κ3) is 6.30. The summed E-state index contributed by atoms with van der Waals surface area (Å²) in [5, 5.41) is 0. The zero-order chi connectivity index (χ0) is 23.3. The summed E-state index contributed by atoms with van der Waals surface area (Å²) < 4.78 is 45.1. The van der Waals surface area contributed by atoms with Crippen molar-refractivity contribution in [3.05, 3.63) is 102 Å². The SMILES string of the molecule is Cc1ccc(-c2cc[o+]c(-c3ccc(C)cc3)c2-c2ccc(C)cc2)cc1.F[B-](F)(F)F. The van der Waals surface area contributed by atoms with Gasteiger partial charge in [0, 0.05) is 11.6 Å². The van der Waals surface area contributed by atoms with Crippen molar-refractivity contribution in [2.45, 2.75) is 20.8 Å². The van der Waals surface area contributed by atoms with Gasteiger partial charge in [-0.05, 0) is 44.0 Å². The minimum atomic E-state index is -6.00. The molecule has 0 aliphatic carbocycles. The van der Waals surface area contributed by atoms with Crippen LogP contribution in [0.2, 0.25) is 0 Å². The van der Waals surface area contributed by atoms with Crippen molar-refractivity contribution in [3.8, 4) is 33.6 Å². The Bertz CT molecular complexity index is 1100. The summed E-state index contributed by atoms with van der Waals surface area (Å²) in [5.74, 6) is 0.900. The highest BCUT2D eigenvalue weighted by molar-refractivity contribution is 6.50. The first kappa shape index (κ1) is 23.3. The molecule has 4 aromatic rings. The molecule has 0 N–H and O–H groups in total. The van der Waals surface area contributed by atoms with Crippen LogP contribution in [-0.4, -0.2) is 7.25 Å². The summed E-state index contributed by atoms with van der Waals surface area (Å²) in [4.78, 5) is 0. The lowest BCUT2D eigenvalue weighted by Crippen LogP contribution is -2.02. The molecule has 0 spiro atoms. The zero-order valence-electron chi connectivity index (χ0n) is 18.1. The van der Waals surface area contributed by atoms with E-state index in [0.29, 0.717) is 0 Å². The van der Waals surface area contributed by atoms with Gasteiger partial charge in [0.2, 0.25) is 0 Å². The van der Waals surface area contributed by atoms with Gasteiger partial charge in [0.25, 0.3) is 0 Å². The predicted octanol–water partition coefficient (Wildman–Crippen LogP) is 8.79. The molecule has 0 amide bonds. The lowest BCUT2D eigenvalue weighted by Gasteiger charge is -2.10. The monoisotopic (exact) mass is 438 g/mol. The summed E-state index contributed by atoms with van der Waals surface area (Å²) in [6.07, 6.45) is 1.79. The van der Waals surface area contributed by atoms with Gasteiger partial charge in [0.1, 0.15) is 0 Å². The molecule has 0 atom stereocenters. The first-order valence-electron chi connectivity index (χ1n) is 10.1. The number of halogens is 4. The molecule has 0 saturated heterocycles. The second kappa shape index (κ2) is 9.81. The number of hydrogen-bond donors (Lipinski definition) is 0. The van der Waals surface area contributed by atoms with Crippen LogP contribution in [0.15, 0.2) is 89.5 Å². The fourth-order valence-corrected chi connectivity index (χ4v) is 3.33. The van der Waals surface area contributed by atoms with Crippen LogP contribution in [0.1, 0.15) is 16.7 Å². The molecular formula is C26H23BF4O. The highest BCUT2D eigenvalue weighted by Gasteiger charge is 2.24. The number of rotatable bonds is 3. The Morgan fingerprint density at radius 2 is 0.906 bits per heavy atom. The van der Waals surface area contributed by atoms with Gasteiger partial charge < -0.3 is 17.3 Å². The molecular weight excluding hydrogens is 415 g/mol. The van der Waals surface area contributed by atoms with Gasteiger partial charge in [-0.3, -0.25) is 0 Å². The van der Waals surface area contributed by atoms with E-state index in [1.54, 1.807) is 6.26 Å². The quantitative estimate of drug-likeness (QED) is 0.177. The highest BCUT2D eigenvalue weighted by atomic mass is 19.5. The summed E-state index contributed by atoms with van der Waals surface area (Å²) in [6.45, 7) is 6.33. The molecule has 0 aliphatic rings. The van der Waals surface area contributed by atoms with Crippen molar-refractivity contribution in [1.82, 2.24) is 0 Å². The van der Waals surface area contributed by atoms with Gasteiger partial charge in [-0.2, -0.15) is 0 Å². The Morgan fingerprint density at radius 3 is 1.34 bits per heavy atom. The molecule has 0 saturated carbocycles. The average Bonchev–Trinajstić information content (AvgIpc) is 2.74. The third-order valence-electron chi connectivity index (χ3n) is 4.93. The molecule has 6 heteroatoms. The average molecular weight is 438 g/mol. The van der Waals surface area contributed by atoms with Crippen LogP contribution in [0.4, 0.5) is 17.3 Å². The van der Waals surface area contributed by atoms with E-state index < -0.39 is 7.25 Å². The van der Waals surface area contributed by atoms with Crippen molar-refractivity contribution in [2.24, 2.45) is 0 Å². The molecule has 0 unspecified atom stereocenters. The molecule has 4 rings (SSSR count). The van der Waals surface area contributed by atoms with Gasteiger partial charge >= 0.3 is 19.3 Å². The van der Waals surface area contributed by atoms with Crippen molar-refractivity contribution < 1.29 is 21.7 Å². The second-order valence-corrected chi connectivity index (χ2v) is 7.63. The fourth-order valence-electron chi connectivity index (χ4n) is 3.33. The maximum Gasteiger partial charge on any atom is 0.673 e. The lowest BCUT2D eigenvalue weighted by atomic mass is 9.91. The van der Waals surface area contributed by atoms with E-state index in [0.717, 1.165) is 22.5 Å². The molecule has 0 bridgehead atoms. The maximum atomic E-state index is 9.75. The van der Waals surface area contributed by atoms with Crippen LogP contribution in [-0.2, 0) is 0 Å². The Balaban J connectivity index is 0.000000523. The van der Waals surface area contributed by atoms with Crippen LogP contribution in [0.3, 0.4) is 0 Å². The molecule has 1 aromatic heterocycles. The lowest BCUT2D eigenvalue weighted by molar-refractivity contribution is 0.368. The summed E-state index contributed by atoms with van der Waals surface area (Å²) >= 11 is 0. The van der Waals surface area contributed by atoms with Gasteiger partial charge in [-0.15, -0.1) is 0 Å². The molecule has 0 radical (unpaired) electrons. The number of benzene rings is 3. The third-order valence-corrected chi connectivity index (χ3v) is 4.93. The molecule has 0 fully saturated rings. The highest BCUT2D eigenvalue weighted by Crippen LogP contribution is 2.40. The summed E-state index contributed by atoms with van der Waals surface area (Å²) in [7, 11) is -6.00. The second-order valence-electron chi connectivity index (χ2n) is 7.63. The first-order chi connectivity index (χ1) is 15.1. The van der Waals surface area contributed by atoms with Crippen LogP contribution < -0.4 is 0 Å². The minimum absolute atomic E-state index is 0.900. The van der Waals surface area contributed by atoms with E-state index in [1.807, 2.05) is 0 Å². The normalized spacial score (nSPS) is 11.0. The number of hydrogen-bond acceptors (Lipinski definition) is 0. The predicted molar refractivity (Wildman–Crippen MR) is 124 cm³/mol. The van der Waals surface area contributed by atoms with Gasteiger partial charge in [0.05, 0.1) is 11.1 Å². The van der Waals surface area contributed by atoms with Gasteiger partial charge in [-0.1, -0.05) is 77.4 Å². The Hall–Kier alpha value is -3.41. The van der Waals surface area contributed by atoms with Gasteiger partial charge in [0.15, 0.2) is 0 Å². The van der Waals surface area contributed by atoms with Crippen molar-refractivity contribution in [3.63, 3.8) is 0 Å². The Kier molecular flexibility index (Phi) is 7.13. The van der Waals surface area contributed by atoms with Crippen LogP contribution >= 0.6 is 0 Å². The zero-order valence-corrected chi connectivity index (χ0v) is 18.1. The molecule has 3 aromatic carbocycles. The van der Waals surface area contributed by atoms with Crippen molar-refractivity contribution >= 4 is 7.25 Å². The van der Waals surface area contributed by atoms with Crippen molar-refractivity contribution in [1.29, 1.82) is 0 Å². The maximum absolute atomic E-state index is 9.75. The van der Waals surface area contributed by atoms with Crippen LogP contribution in [0.25, 0.3) is 33.6 Å². The molecule has 32 heavy (non-hydrogen) atoms.